The van der Waals surface area contributed by atoms with Crippen molar-refractivity contribution in [2.24, 2.45) is 0 Å². The SMILES string of the molecule is Cc1cc(N(CCc2ccc(CC(=O)O)cc2)S(=O)(=O)C2CC2)ccc1-c1ccc(Oc2ccccc2)cc1. The number of para-hydroxylation sites is 1. The van der Waals surface area contributed by atoms with Crippen LogP contribution in [0.4, 0.5) is 5.69 Å². The van der Waals surface area contributed by atoms with Crippen molar-refractivity contribution in [2.45, 2.75) is 37.9 Å². The van der Waals surface area contributed by atoms with Crippen LogP contribution >= 0.6 is 0 Å². The first kappa shape index (κ1) is 26.5. The monoisotopic (exact) mass is 541 g/mol. The molecule has 0 atom stereocenters. The normalized spacial score (nSPS) is 13.2. The fraction of sp³-hybridized carbons (Fsp3) is 0.219. The summed E-state index contributed by atoms with van der Waals surface area (Å²) in [6.07, 6.45) is 1.88. The van der Waals surface area contributed by atoms with Crippen molar-refractivity contribution in [1.82, 2.24) is 0 Å². The molecule has 1 N–H and O–H groups in total. The molecule has 0 radical (unpaired) electrons. The minimum atomic E-state index is -3.47. The van der Waals surface area contributed by atoms with E-state index in [1.54, 1.807) is 16.4 Å². The lowest BCUT2D eigenvalue weighted by molar-refractivity contribution is -0.136. The number of nitrogens with zero attached hydrogens (tertiary/aromatic N) is 1. The number of aliphatic carboxylic acids is 1. The predicted molar refractivity (Wildman–Crippen MR) is 154 cm³/mol. The summed E-state index contributed by atoms with van der Waals surface area (Å²) in [5.74, 6) is 0.649. The highest BCUT2D eigenvalue weighted by atomic mass is 32.2. The Kier molecular flexibility index (Phi) is 7.70. The molecule has 0 heterocycles. The second-order valence-corrected chi connectivity index (χ2v) is 12.0. The first-order valence-electron chi connectivity index (χ1n) is 13.0. The molecule has 200 valence electrons. The van der Waals surface area contributed by atoms with Crippen molar-refractivity contribution < 1.29 is 23.1 Å². The van der Waals surface area contributed by atoms with Crippen molar-refractivity contribution in [3.8, 4) is 22.6 Å². The summed E-state index contributed by atoms with van der Waals surface area (Å²) in [6, 6.07) is 30.6. The number of sulfonamides is 1. The van der Waals surface area contributed by atoms with E-state index in [1.165, 1.54) is 0 Å². The molecule has 1 saturated carbocycles. The molecule has 1 aliphatic rings. The summed E-state index contributed by atoms with van der Waals surface area (Å²) in [4.78, 5) is 11.0. The van der Waals surface area contributed by atoms with Crippen molar-refractivity contribution in [1.29, 1.82) is 0 Å². The molecule has 4 aromatic carbocycles. The van der Waals surface area contributed by atoms with Gasteiger partial charge < -0.3 is 9.84 Å². The summed E-state index contributed by atoms with van der Waals surface area (Å²) in [5.41, 5.74) is 5.39. The van der Waals surface area contributed by atoms with Crippen molar-refractivity contribution >= 4 is 21.7 Å². The molecule has 1 fully saturated rings. The molecule has 7 heteroatoms. The van der Waals surface area contributed by atoms with Gasteiger partial charge in [0.15, 0.2) is 0 Å². The lowest BCUT2D eigenvalue weighted by atomic mass is 10.00. The van der Waals surface area contributed by atoms with E-state index >= 15 is 0 Å². The third-order valence-corrected chi connectivity index (χ3v) is 9.20. The molecule has 1 aliphatic carbocycles. The van der Waals surface area contributed by atoms with E-state index in [0.29, 0.717) is 31.5 Å². The summed E-state index contributed by atoms with van der Waals surface area (Å²) < 4.78 is 34.2. The van der Waals surface area contributed by atoms with Gasteiger partial charge in [-0.25, -0.2) is 8.42 Å². The van der Waals surface area contributed by atoms with Gasteiger partial charge in [0.25, 0.3) is 0 Å². The van der Waals surface area contributed by atoms with Gasteiger partial charge in [-0.05, 0) is 90.4 Å². The zero-order valence-corrected chi connectivity index (χ0v) is 22.6. The number of rotatable bonds is 11. The van der Waals surface area contributed by atoms with Crippen LogP contribution in [0.5, 0.6) is 11.5 Å². The van der Waals surface area contributed by atoms with Crippen LogP contribution in [0.3, 0.4) is 0 Å². The Hall–Kier alpha value is -4.10. The number of hydrogen-bond donors (Lipinski definition) is 1. The van der Waals surface area contributed by atoms with Crippen LogP contribution in [0.1, 0.15) is 29.5 Å². The number of benzene rings is 4. The highest BCUT2D eigenvalue weighted by molar-refractivity contribution is 7.93. The molecular weight excluding hydrogens is 510 g/mol. The Morgan fingerprint density at radius 1 is 0.872 bits per heavy atom. The average Bonchev–Trinajstić information content (AvgIpc) is 3.77. The number of aryl methyl sites for hydroxylation is 1. The molecule has 5 rings (SSSR count). The minimum Gasteiger partial charge on any atom is -0.481 e. The van der Waals surface area contributed by atoms with Crippen molar-refractivity contribution in [3.63, 3.8) is 0 Å². The van der Waals surface area contributed by atoms with Crippen LogP contribution in [0, 0.1) is 6.92 Å². The minimum absolute atomic E-state index is 0.0309. The van der Waals surface area contributed by atoms with Crippen LogP contribution < -0.4 is 9.04 Å². The lowest BCUT2D eigenvalue weighted by Crippen LogP contribution is -2.35. The standard InChI is InChI=1S/C32H31NO5S/c1-23-21-27(13-18-31(23)26-11-14-29(15-12-26)38-28-5-3-2-4-6-28)33(39(36,37)30-16-17-30)20-19-24-7-9-25(10-8-24)22-32(34)35/h2-15,18,21,30H,16-17,19-20,22H2,1H3,(H,34,35). The van der Waals surface area contributed by atoms with Gasteiger partial charge in [-0.1, -0.05) is 60.7 Å². The molecule has 0 amide bonds. The van der Waals surface area contributed by atoms with E-state index in [0.717, 1.165) is 39.3 Å². The topological polar surface area (TPSA) is 83.9 Å². The van der Waals surface area contributed by atoms with Crippen LogP contribution in [0.15, 0.2) is 97.1 Å². The zero-order chi connectivity index (χ0) is 27.4. The van der Waals surface area contributed by atoms with Crippen molar-refractivity contribution in [2.75, 3.05) is 10.8 Å². The summed E-state index contributed by atoms with van der Waals surface area (Å²) in [7, 11) is -3.47. The maximum absolute atomic E-state index is 13.4. The quantitative estimate of drug-likeness (QED) is 0.231. The Morgan fingerprint density at radius 2 is 1.51 bits per heavy atom. The van der Waals surface area contributed by atoms with Crippen molar-refractivity contribution in [3.05, 3.63) is 114 Å². The molecular formula is C32H31NO5S. The van der Waals surface area contributed by atoms with Gasteiger partial charge in [-0.2, -0.15) is 0 Å². The van der Waals surface area contributed by atoms with E-state index in [1.807, 2.05) is 91.9 Å². The number of carboxylic acids is 1. The van der Waals surface area contributed by atoms with Crippen LogP contribution in [0.2, 0.25) is 0 Å². The number of carboxylic acid groups (broad SMARTS) is 1. The van der Waals surface area contributed by atoms with E-state index in [9.17, 15) is 13.2 Å². The lowest BCUT2D eigenvalue weighted by Gasteiger charge is -2.25. The first-order valence-corrected chi connectivity index (χ1v) is 14.5. The largest absolute Gasteiger partial charge is 0.481 e. The Labute approximate surface area is 229 Å². The molecule has 0 saturated heterocycles. The maximum Gasteiger partial charge on any atom is 0.307 e. The number of anilines is 1. The smallest absolute Gasteiger partial charge is 0.307 e. The molecule has 0 aromatic heterocycles. The van der Waals surface area contributed by atoms with Gasteiger partial charge in [0.2, 0.25) is 10.0 Å². The fourth-order valence-corrected chi connectivity index (χ4v) is 6.48. The summed E-state index contributed by atoms with van der Waals surface area (Å²) in [6.45, 7) is 2.32. The molecule has 6 nitrogen and oxygen atoms in total. The van der Waals surface area contributed by atoms with Gasteiger partial charge in [0, 0.05) is 6.54 Å². The van der Waals surface area contributed by atoms with Gasteiger partial charge in [-0.3, -0.25) is 9.10 Å². The number of ether oxygens (including phenoxy) is 1. The Morgan fingerprint density at radius 3 is 2.13 bits per heavy atom. The van der Waals surface area contributed by atoms with Gasteiger partial charge in [0.05, 0.1) is 17.4 Å². The highest BCUT2D eigenvalue weighted by Gasteiger charge is 2.40. The van der Waals surface area contributed by atoms with Gasteiger partial charge in [-0.15, -0.1) is 0 Å². The van der Waals surface area contributed by atoms with Gasteiger partial charge >= 0.3 is 5.97 Å². The van der Waals surface area contributed by atoms with Crippen LogP contribution in [-0.2, 0) is 27.7 Å². The van der Waals surface area contributed by atoms with Crippen LogP contribution in [0.25, 0.3) is 11.1 Å². The summed E-state index contributed by atoms with van der Waals surface area (Å²) >= 11 is 0. The second-order valence-electron chi connectivity index (χ2n) is 9.89. The van der Waals surface area contributed by atoms with E-state index in [4.69, 9.17) is 9.84 Å². The first-order chi connectivity index (χ1) is 18.8. The van der Waals surface area contributed by atoms with Crippen LogP contribution in [-0.4, -0.2) is 31.3 Å². The Balaban J connectivity index is 1.34. The summed E-state index contributed by atoms with van der Waals surface area (Å²) in [5, 5.41) is 8.66. The molecule has 4 aromatic rings. The number of hydrogen-bond acceptors (Lipinski definition) is 4. The molecule has 0 unspecified atom stereocenters. The van der Waals surface area contributed by atoms with E-state index in [2.05, 4.69) is 0 Å². The van der Waals surface area contributed by atoms with E-state index in [-0.39, 0.29) is 11.7 Å². The fourth-order valence-electron chi connectivity index (χ4n) is 4.63. The van der Waals surface area contributed by atoms with Gasteiger partial charge in [0.1, 0.15) is 11.5 Å². The maximum atomic E-state index is 13.4. The Bertz CT molecular complexity index is 1540. The van der Waals surface area contributed by atoms with E-state index < -0.39 is 16.0 Å². The highest BCUT2D eigenvalue weighted by Crippen LogP contribution is 2.36. The average molecular weight is 542 g/mol. The molecule has 0 bridgehead atoms. The molecule has 0 aliphatic heterocycles. The number of carbonyl (C=O) groups is 1. The second kappa shape index (κ2) is 11.3. The molecule has 0 spiro atoms. The third kappa shape index (κ3) is 6.49. The third-order valence-electron chi connectivity index (χ3n) is 6.88. The predicted octanol–water partition coefficient (Wildman–Crippen LogP) is 6.62. The zero-order valence-electron chi connectivity index (χ0n) is 21.8. The molecule has 39 heavy (non-hydrogen) atoms.